The highest BCUT2D eigenvalue weighted by Crippen LogP contribution is 2.34. The van der Waals surface area contributed by atoms with E-state index >= 15 is 0 Å². The molecular formula is C21H19N5O2. The van der Waals surface area contributed by atoms with Crippen LogP contribution < -0.4 is 10.6 Å². The number of carbonyl (C=O) groups is 1. The van der Waals surface area contributed by atoms with Crippen LogP contribution in [0.1, 0.15) is 22.7 Å². The maximum atomic E-state index is 12.4. The van der Waals surface area contributed by atoms with Crippen LogP contribution in [-0.2, 0) is 18.3 Å². The Morgan fingerprint density at radius 2 is 2.11 bits per heavy atom. The zero-order valence-electron chi connectivity index (χ0n) is 15.3. The van der Waals surface area contributed by atoms with Gasteiger partial charge >= 0.3 is 0 Å². The van der Waals surface area contributed by atoms with Crippen molar-refractivity contribution in [2.24, 2.45) is 12.0 Å². The molecule has 0 bridgehead atoms. The highest BCUT2D eigenvalue weighted by molar-refractivity contribution is 6.15. The zero-order valence-corrected chi connectivity index (χ0v) is 15.3. The topological polar surface area (TPSA) is 91.5 Å². The van der Waals surface area contributed by atoms with Gasteiger partial charge in [-0.15, -0.1) is 0 Å². The first kappa shape index (κ1) is 16.7. The number of aliphatic imine (C=N–C) groups is 1. The summed E-state index contributed by atoms with van der Waals surface area (Å²) in [6.45, 7) is 0. The van der Waals surface area contributed by atoms with Crippen molar-refractivity contribution >= 4 is 29.0 Å². The van der Waals surface area contributed by atoms with Gasteiger partial charge in [-0.2, -0.15) is 0 Å². The Bertz CT molecular complexity index is 1160. The molecule has 7 nitrogen and oxygen atoms in total. The molecule has 2 aromatic carbocycles. The van der Waals surface area contributed by atoms with Gasteiger partial charge in [-0.05, 0) is 34.9 Å². The van der Waals surface area contributed by atoms with Gasteiger partial charge in [0.25, 0.3) is 5.91 Å². The SMILES string of the molecule is Cn1cnc2ccc(/C=C3\NC(=N[C@H]4c5ccccc5C[C@@H]4O)NC3=O)cc21. The quantitative estimate of drug-likeness (QED) is 0.596. The Kier molecular flexibility index (Phi) is 3.77. The summed E-state index contributed by atoms with van der Waals surface area (Å²) < 4.78 is 1.94. The van der Waals surface area contributed by atoms with E-state index in [1.807, 2.05) is 54.1 Å². The average molecular weight is 373 g/mol. The summed E-state index contributed by atoms with van der Waals surface area (Å²) in [6, 6.07) is 13.3. The largest absolute Gasteiger partial charge is 0.390 e. The second-order valence-corrected chi connectivity index (χ2v) is 7.13. The van der Waals surface area contributed by atoms with E-state index in [-0.39, 0.29) is 11.9 Å². The van der Waals surface area contributed by atoms with Crippen LogP contribution in [0.25, 0.3) is 17.1 Å². The Morgan fingerprint density at radius 3 is 3.00 bits per heavy atom. The number of aromatic nitrogens is 2. The highest BCUT2D eigenvalue weighted by atomic mass is 16.3. The summed E-state index contributed by atoms with van der Waals surface area (Å²) in [5.41, 5.74) is 5.30. The van der Waals surface area contributed by atoms with Gasteiger partial charge in [0.05, 0.1) is 23.5 Å². The number of carbonyl (C=O) groups excluding carboxylic acids is 1. The Morgan fingerprint density at radius 1 is 1.25 bits per heavy atom. The molecule has 3 aromatic rings. The number of amides is 1. The van der Waals surface area contributed by atoms with E-state index in [4.69, 9.17) is 0 Å². The lowest BCUT2D eigenvalue weighted by atomic mass is 10.1. The van der Waals surface area contributed by atoms with Crippen LogP contribution in [0, 0.1) is 0 Å². The smallest absolute Gasteiger partial charge is 0.274 e. The average Bonchev–Trinajstić information content (AvgIpc) is 3.32. The molecular weight excluding hydrogens is 354 g/mol. The third-order valence-corrected chi connectivity index (χ3v) is 5.23. The number of hydrogen-bond acceptors (Lipinski definition) is 4. The Labute approximate surface area is 161 Å². The number of nitrogens with one attached hydrogen (secondary N) is 2. The second-order valence-electron chi connectivity index (χ2n) is 7.13. The van der Waals surface area contributed by atoms with Crippen molar-refractivity contribution in [3.8, 4) is 0 Å². The van der Waals surface area contributed by atoms with Crippen molar-refractivity contribution in [1.29, 1.82) is 0 Å². The molecule has 1 aromatic heterocycles. The summed E-state index contributed by atoms with van der Waals surface area (Å²) in [4.78, 5) is 21.2. The fourth-order valence-corrected chi connectivity index (χ4v) is 3.80. The van der Waals surface area contributed by atoms with Gasteiger partial charge in [0.2, 0.25) is 5.96 Å². The maximum absolute atomic E-state index is 12.4. The van der Waals surface area contributed by atoms with Gasteiger partial charge < -0.3 is 15.0 Å². The number of nitrogens with zero attached hydrogens (tertiary/aromatic N) is 3. The molecule has 1 aliphatic carbocycles. The molecule has 2 atom stereocenters. The van der Waals surface area contributed by atoms with E-state index in [1.165, 1.54) is 0 Å². The fourth-order valence-electron chi connectivity index (χ4n) is 3.80. The molecule has 5 rings (SSSR count). The van der Waals surface area contributed by atoms with Gasteiger partial charge in [0.15, 0.2) is 0 Å². The summed E-state index contributed by atoms with van der Waals surface area (Å²) in [7, 11) is 1.93. The molecule has 7 heteroatoms. The number of imidazole rings is 1. The first-order valence-corrected chi connectivity index (χ1v) is 9.13. The zero-order chi connectivity index (χ0) is 19.3. The molecule has 0 spiro atoms. The first-order chi connectivity index (χ1) is 13.6. The highest BCUT2D eigenvalue weighted by Gasteiger charge is 2.32. The Hall–Kier alpha value is -3.45. The van der Waals surface area contributed by atoms with Crippen LogP contribution in [-0.4, -0.2) is 32.6 Å². The number of aryl methyl sites for hydroxylation is 1. The molecule has 1 saturated heterocycles. The van der Waals surface area contributed by atoms with E-state index in [9.17, 15) is 9.90 Å². The maximum Gasteiger partial charge on any atom is 0.274 e. The normalized spacial score (nSPS) is 24.0. The standard InChI is InChI=1S/C21H19N5O2/c1-26-11-22-15-7-6-12(9-17(15)26)8-16-20(28)25-21(23-16)24-19-14-5-3-2-4-13(14)10-18(19)27/h2-9,11,18-19,27H,10H2,1H3,(H2,23,24,25,28)/b16-8-/t18-,19-/m0/s1. The van der Waals surface area contributed by atoms with Crippen molar-refractivity contribution in [1.82, 2.24) is 20.2 Å². The van der Waals surface area contributed by atoms with Crippen molar-refractivity contribution in [2.75, 3.05) is 0 Å². The second kappa shape index (κ2) is 6.31. The molecule has 28 heavy (non-hydrogen) atoms. The Balaban J connectivity index is 1.43. The number of aliphatic hydroxyl groups is 1. The van der Waals surface area contributed by atoms with Crippen molar-refractivity contribution in [3.63, 3.8) is 0 Å². The van der Waals surface area contributed by atoms with Crippen LogP contribution in [0.3, 0.4) is 0 Å². The van der Waals surface area contributed by atoms with E-state index in [0.717, 1.165) is 27.7 Å². The number of benzene rings is 2. The van der Waals surface area contributed by atoms with Gasteiger partial charge in [-0.3, -0.25) is 10.1 Å². The van der Waals surface area contributed by atoms with Gasteiger partial charge in [0, 0.05) is 13.5 Å². The molecule has 1 amide bonds. The van der Waals surface area contributed by atoms with Crippen LogP contribution in [0.5, 0.6) is 0 Å². The predicted octanol–water partition coefficient (Wildman–Crippen LogP) is 1.65. The monoisotopic (exact) mass is 373 g/mol. The molecule has 2 aliphatic rings. The van der Waals surface area contributed by atoms with E-state index in [0.29, 0.717) is 18.1 Å². The number of fused-ring (bicyclic) bond motifs is 2. The number of aliphatic hydroxyl groups excluding tert-OH is 1. The number of guanidine groups is 1. The predicted molar refractivity (Wildman–Crippen MR) is 106 cm³/mol. The van der Waals surface area contributed by atoms with Crippen LogP contribution in [0.15, 0.2) is 59.5 Å². The van der Waals surface area contributed by atoms with E-state index < -0.39 is 6.10 Å². The van der Waals surface area contributed by atoms with E-state index in [2.05, 4.69) is 20.6 Å². The molecule has 0 unspecified atom stereocenters. The summed E-state index contributed by atoms with van der Waals surface area (Å²) in [5.74, 6) is 0.114. The molecule has 1 fully saturated rings. The van der Waals surface area contributed by atoms with Crippen molar-refractivity contribution in [2.45, 2.75) is 18.6 Å². The van der Waals surface area contributed by atoms with Crippen LogP contribution in [0.2, 0.25) is 0 Å². The third-order valence-electron chi connectivity index (χ3n) is 5.23. The van der Waals surface area contributed by atoms with Crippen LogP contribution >= 0.6 is 0 Å². The summed E-state index contributed by atoms with van der Waals surface area (Å²) >= 11 is 0. The van der Waals surface area contributed by atoms with Gasteiger partial charge in [0.1, 0.15) is 11.7 Å². The molecule has 0 radical (unpaired) electrons. The van der Waals surface area contributed by atoms with Gasteiger partial charge in [-0.25, -0.2) is 9.98 Å². The molecule has 0 saturated carbocycles. The molecule has 3 N–H and O–H groups in total. The first-order valence-electron chi connectivity index (χ1n) is 9.13. The lowest BCUT2D eigenvalue weighted by Crippen LogP contribution is -2.27. The van der Waals surface area contributed by atoms with Crippen molar-refractivity contribution < 1.29 is 9.90 Å². The lowest BCUT2D eigenvalue weighted by Gasteiger charge is -2.11. The lowest BCUT2D eigenvalue weighted by molar-refractivity contribution is -0.115. The minimum absolute atomic E-state index is 0.246. The van der Waals surface area contributed by atoms with E-state index in [1.54, 1.807) is 12.4 Å². The molecule has 2 heterocycles. The molecule has 140 valence electrons. The van der Waals surface area contributed by atoms with Crippen molar-refractivity contribution in [3.05, 3.63) is 71.2 Å². The summed E-state index contributed by atoms with van der Waals surface area (Å²) in [5, 5.41) is 16.2. The number of rotatable bonds is 2. The van der Waals surface area contributed by atoms with Gasteiger partial charge in [-0.1, -0.05) is 30.3 Å². The minimum atomic E-state index is -0.594. The van der Waals surface area contributed by atoms with Crippen LogP contribution in [0.4, 0.5) is 0 Å². The fraction of sp³-hybridized carbons (Fsp3) is 0.190. The molecule has 1 aliphatic heterocycles. The number of hydrogen-bond donors (Lipinski definition) is 3. The minimum Gasteiger partial charge on any atom is -0.390 e. The third kappa shape index (κ3) is 2.76. The summed E-state index contributed by atoms with van der Waals surface area (Å²) in [6.07, 6.45) is 3.52.